The van der Waals surface area contributed by atoms with E-state index < -0.39 is 0 Å². The van der Waals surface area contributed by atoms with Gasteiger partial charge < -0.3 is 13.9 Å². The van der Waals surface area contributed by atoms with Crippen molar-refractivity contribution in [1.29, 1.82) is 0 Å². The Hall–Kier alpha value is -3.38. The number of nitrogens with zero attached hydrogens (tertiary/aromatic N) is 1. The zero-order valence-corrected chi connectivity index (χ0v) is 18.8. The number of halogens is 1. The van der Waals surface area contributed by atoms with Gasteiger partial charge in [-0.15, -0.1) is 0 Å². The first-order valence-electron chi connectivity index (χ1n) is 10.4. The number of para-hydroxylation sites is 1. The fourth-order valence-electron chi connectivity index (χ4n) is 3.95. The summed E-state index contributed by atoms with van der Waals surface area (Å²) < 4.78 is 17.7. The minimum Gasteiger partial charge on any atom is -0.490 e. The van der Waals surface area contributed by atoms with E-state index in [4.69, 9.17) is 18.9 Å². The average molecular weight is 490 g/mol. The largest absolute Gasteiger partial charge is 0.490 e. The Balaban J connectivity index is 1.39. The number of esters is 1. The van der Waals surface area contributed by atoms with Crippen LogP contribution in [0.15, 0.2) is 75.8 Å². The third-order valence-corrected chi connectivity index (χ3v) is 5.93. The summed E-state index contributed by atoms with van der Waals surface area (Å²) in [7, 11) is 0. The number of carbonyl (C=O) groups excluding carboxylic acids is 1. The molecule has 0 saturated heterocycles. The standard InChI is InChI=1S/C26H20BrNO4/c27-18-8-10-19(11-9-18)31-14-15-32-26(29)24-21-5-1-2-6-23(21)28-25-17(7-12-22(24)25)16-20-4-3-13-30-20/h1-6,8-11,13,16H,7,12,14-15H2. The third-order valence-electron chi connectivity index (χ3n) is 5.40. The van der Waals surface area contributed by atoms with E-state index in [0.29, 0.717) is 5.56 Å². The Morgan fingerprint density at radius 1 is 1.03 bits per heavy atom. The zero-order valence-electron chi connectivity index (χ0n) is 17.2. The Kier molecular flexibility index (Phi) is 5.77. The second kappa shape index (κ2) is 9.01. The number of hydrogen-bond donors (Lipinski definition) is 0. The Labute approximate surface area is 193 Å². The molecule has 0 atom stereocenters. The predicted octanol–water partition coefficient (Wildman–Crippen LogP) is 6.31. The molecule has 1 aliphatic rings. The summed E-state index contributed by atoms with van der Waals surface area (Å²) in [5, 5.41) is 0.810. The monoisotopic (exact) mass is 489 g/mol. The molecule has 0 saturated carbocycles. The summed E-state index contributed by atoms with van der Waals surface area (Å²) in [4.78, 5) is 18.0. The van der Waals surface area contributed by atoms with Gasteiger partial charge in [0.1, 0.15) is 24.7 Å². The number of pyridine rings is 1. The van der Waals surface area contributed by atoms with Gasteiger partial charge in [-0.3, -0.25) is 0 Å². The minimum absolute atomic E-state index is 0.162. The number of fused-ring (bicyclic) bond motifs is 2. The molecule has 0 amide bonds. The van der Waals surface area contributed by atoms with Crippen LogP contribution in [0.25, 0.3) is 22.6 Å². The quantitative estimate of drug-likeness (QED) is 0.234. The molecule has 0 aliphatic heterocycles. The molecule has 160 valence electrons. The lowest BCUT2D eigenvalue weighted by atomic mass is 10.0. The van der Waals surface area contributed by atoms with Gasteiger partial charge in [-0.05, 0) is 72.5 Å². The predicted molar refractivity (Wildman–Crippen MR) is 127 cm³/mol. The van der Waals surface area contributed by atoms with E-state index in [0.717, 1.165) is 56.6 Å². The summed E-state index contributed by atoms with van der Waals surface area (Å²) in [6.07, 6.45) is 5.18. The molecule has 0 unspecified atom stereocenters. The van der Waals surface area contributed by atoms with Gasteiger partial charge in [-0.2, -0.15) is 0 Å². The molecule has 32 heavy (non-hydrogen) atoms. The minimum atomic E-state index is -0.349. The topological polar surface area (TPSA) is 61.6 Å². The number of carbonyl (C=O) groups is 1. The molecular formula is C26H20BrNO4. The molecule has 0 bridgehead atoms. The molecule has 2 aromatic carbocycles. The summed E-state index contributed by atoms with van der Waals surface area (Å²) in [6, 6.07) is 19.0. The number of aromatic nitrogens is 1. The van der Waals surface area contributed by atoms with Crippen molar-refractivity contribution < 1.29 is 18.7 Å². The van der Waals surface area contributed by atoms with Crippen molar-refractivity contribution in [2.24, 2.45) is 0 Å². The molecule has 6 heteroatoms. The fraction of sp³-hybridized carbons (Fsp3) is 0.154. The van der Waals surface area contributed by atoms with E-state index in [2.05, 4.69) is 15.9 Å². The van der Waals surface area contributed by atoms with Crippen molar-refractivity contribution in [3.8, 4) is 5.75 Å². The molecule has 1 aliphatic carbocycles. The van der Waals surface area contributed by atoms with Crippen LogP contribution < -0.4 is 4.74 Å². The van der Waals surface area contributed by atoms with Gasteiger partial charge >= 0.3 is 5.97 Å². The number of ether oxygens (including phenoxy) is 2. The smallest absolute Gasteiger partial charge is 0.339 e. The van der Waals surface area contributed by atoms with Crippen molar-refractivity contribution in [3.63, 3.8) is 0 Å². The lowest BCUT2D eigenvalue weighted by Gasteiger charge is -2.13. The number of benzene rings is 2. The molecule has 2 heterocycles. The van der Waals surface area contributed by atoms with Crippen LogP contribution in [0.2, 0.25) is 0 Å². The molecule has 0 spiro atoms. The lowest BCUT2D eigenvalue weighted by molar-refractivity contribution is 0.0451. The number of furan rings is 1. The number of allylic oxidation sites excluding steroid dienone is 1. The Morgan fingerprint density at radius 2 is 1.88 bits per heavy atom. The Bertz CT molecular complexity index is 1290. The normalized spacial score (nSPS) is 14.0. The van der Waals surface area contributed by atoms with Gasteiger partial charge in [-0.25, -0.2) is 9.78 Å². The maximum atomic E-state index is 13.1. The molecule has 0 radical (unpaired) electrons. The van der Waals surface area contributed by atoms with Crippen LogP contribution in [0, 0.1) is 0 Å². The SMILES string of the molecule is O=C(OCCOc1ccc(Br)cc1)c1c2c(nc3ccccc13)C(=Cc1ccco1)CC2. The van der Waals surface area contributed by atoms with Crippen LogP contribution in [-0.2, 0) is 11.2 Å². The molecule has 4 aromatic rings. The van der Waals surface area contributed by atoms with E-state index >= 15 is 0 Å². The van der Waals surface area contributed by atoms with Gasteiger partial charge in [-0.1, -0.05) is 34.1 Å². The Morgan fingerprint density at radius 3 is 2.69 bits per heavy atom. The summed E-state index contributed by atoms with van der Waals surface area (Å²) in [5.41, 5.74) is 4.21. The van der Waals surface area contributed by atoms with Crippen molar-refractivity contribution in [3.05, 3.63) is 94.0 Å². The van der Waals surface area contributed by atoms with Gasteiger partial charge in [0, 0.05) is 9.86 Å². The fourth-order valence-corrected chi connectivity index (χ4v) is 4.22. The molecule has 5 nitrogen and oxygen atoms in total. The first-order valence-corrected chi connectivity index (χ1v) is 11.2. The molecule has 2 aromatic heterocycles. The van der Waals surface area contributed by atoms with Gasteiger partial charge in [0.05, 0.1) is 23.0 Å². The second-order valence-corrected chi connectivity index (χ2v) is 8.37. The highest BCUT2D eigenvalue weighted by Crippen LogP contribution is 2.37. The molecule has 0 fully saturated rings. The van der Waals surface area contributed by atoms with Crippen LogP contribution in [0.1, 0.15) is 33.8 Å². The van der Waals surface area contributed by atoms with E-state index in [-0.39, 0.29) is 19.2 Å². The van der Waals surface area contributed by atoms with Crippen molar-refractivity contribution >= 4 is 44.5 Å². The first kappa shape index (κ1) is 20.5. The van der Waals surface area contributed by atoms with Crippen LogP contribution in [0.5, 0.6) is 5.75 Å². The number of hydrogen-bond acceptors (Lipinski definition) is 5. The van der Waals surface area contributed by atoms with Crippen LogP contribution in [-0.4, -0.2) is 24.2 Å². The van der Waals surface area contributed by atoms with Crippen molar-refractivity contribution in [1.82, 2.24) is 4.98 Å². The first-order chi connectivity index (χ1) is 15.7. The summed E-state index contributed by atoms with van der Waals surface area (Å²) >= 11 is 3.40. The summed E-state index contributed by atoms with van der Waals surface area (Å²) in [6.45, 7) is 0.442. The highest BCUT2D eigenvalue weighted by Gasteiger charge is 2.27. The maximum absolute atomic E-state index is 13.1. The average Bonchev–Trinajstić information content (AvgIpc) is 3.47. The second-order valence-electron chi connectivity index (χ2n) is 7.45. The van der Waals surface area contributed by atoms with Gasteiger partial charge in [0.25, 0.3) is 0 Å². The summed E-state index contributed by atoms with van der Waals surface area (Å²) in [5.74, 6) is 1.16. The van der Waals surface area contributed by atoms with Crippen LogP contribution in [0.4, 0.5) is 0 Å². The van der Waals surface area contributed by atoms with E-state index in [1.54, 1.807) is 6.26 Å². The van der Waals surface area contributed by atoms with Crippen molar-refractivity contribution in [2.45, 2.75) is 12.8 Å². The van der Waals surface area contributed by atoms with E-state index in [1.165, 1.54) is 0 Å². The third kappa shape index (κ3) is 4.18. The van der Waals surface area contributed by atoms with E-state index in [1.807, 2.05) is 66.7 Å². The van der Waals surface area contributed by atoms with Crippen LogP contribution in [0.3, 0.4) is 0 Å². The van der Waals surface area contributed by atoms with E-state index in [9.17, 15) is 4.79 Å². The van der Waals surface area contributed by atoms with Crippen LogP contribution >= 0.6 is 15.9 Å². The molecule has 5 rings (SSSR count). The lowest BCUT2D eigenvalue weighted by Crippen LogP contribution is -2.15. The number of rotatable bonds is 6. The maximum Gasteiger partial charge on any atom is 0.339 e. The van der Waals surface area contributed by atoms with Crippen molar-refractivity contribution in [2.75, 3.05) is 13.2 Å². The van der Waals surface area contributed by atoms with Gasteiger partial charge in [0.2, 0.25) is 0 Å². The van der Waals surface area contributed by atoms with Gasteiger partial charge in [0.15, 0.2) is 0 Å². The zero-order chi connectivity index (χ0) is 21.9. The molecular weight excluding hydrogens is 470 g/mol. The highest BCUT2D eigenvalue weighted by molar-refractivity contribution is 9.10. The molecule has 0 N–H and O–H groups in total. The highest BCUT2D eigenvalue weighted by atomic mass is 79.9.